The molecule has 20 rings (SSSR count). The molecule has 2 spiro atoms. The molecule has 14 heterocycles. The second-order valence-corrected chi connectivity index (χ2v) is 30.7. The van der Waals surface area contributed by atoms with Crippen molar-refractivity contribution in [3.63, 3.8) is 0 Å². The zero-order valence-corrected chi connectivity index (χ0v) is 59.6. The Morgan fingerprint density at radius 2 is 0.961 bits per heavy atom. The van der Waals surface area contributed by atoms with Gasteiger partial charge in [0.15, 0.2) is 80.1 Å². The fraction of sp³-hybridized carbons (Fsp3) is 0.473. The van der Waals surface area contributed by atoms with Gasteiger partial charge in [-0.05, 0) is 122 Å². The van der Waals surface area contributed by atoms with Gasteiger partial charge in [0.2, 0.25) is 13.6 Å². The monoisotopic (exact) mass is 1450 g/mol. The second kappa shape index (κ2) is 24.8. The number of hydrogen-bond acceptors (Lipinski definition) is 29. The number of methoxy groups -OCH3 is 4. The Morgan fingerprint density at radius 1 is 0.524 bits per heavy atom. The van der Waals surface area contributed by atoms with Gasteiger partial charge >= 0.3 is 17.9 Å². The zero-order chi connectivity index (χ0) is 71.9. The molecule has 0 aromatic heterocycles. The summed E-state index contributed by atoms with van der Waals surface area (Å²) in [5.74, 6) is 2.16. The molecular weight excluding hydrogens is 1370 g/mol. The minimum Gasteiger partial charge on any atom is -0.507 e. The molecule has 103 heavy (non-hydrogen) atoms. The Labute approximate surface area is 600 Å². The number of carbonyl (C=O) groups excluding carboxylic acids is 3. The number of hydrogen-bond donors (Lipinski definition) is 11. The van der Waals surface area contributed by atoms with Gasteiger partial charge in [-0.15, -0.1) is 23.5 Å². The van der Waals surface area contributed by atoms with Crippen molar-refractivity contribution in [3.8, 4) is 80.5 Å². The predicted octanol–water partition coefficient (Wildman–Crippen LogP) is 5.92. The molecule has 4 saturated heterocycles. The first kappa shape index (κ1) is 67.7. The summed E-state index contributed by atoms with van der Waals surface area (Å²) in [6, 6.07) is 6.13. The average Bonchev–Trinajstić information content (AvgIpc) is 1.03. The smallest absolute Gasteiger partial charge is 0.331 e. The molecule has 4 fully saturated rings. The van der Waals surface area contributed by atoms with Gasteiger partial charge in [-0.25, -0.2) is 9.59 Å². The fourth-order valence-corrected chi connectivity index (χ4v) is 22.4. The van der Waals surface area contributed by atoms with E-state index >= 15 is 0 Å². The number of aliphatic hydroxyl groups is 2. The number of phenols is 5. The van der Waals surface area contributed by atoms with Crippen LogP contribution in [0.3, 0.4) is 0 Å². The molecule has 0 amide bonds. The average molecular weight is 1450 g/mol. The predicted molar refractivity (Wildman–Crippen MR) is 370 cm³/mol. The Kier molecular flexibility index (Phi) is 16.3. The van der Waals surface area contributed by atoms with Gasteiger partial charge in [-0.1, -0.05) is 12.1 Å². The van der Waals surface area contributed by atoms with Crippen LogP contribution >= 0.6 is 23.5 Å². The topological polar surface area (TPSA) is 349 Å². The highest BCUT2D eigenvalue weighted by Gasteiger charge is 2.63. The lowest BCUT2D eigenvalue weighted by atomic mass is 9.74. The first-order valence-electron chi connectivity index (χ1n) is 34.5. The minimum atomic E-state index is -1.36. The van der Waals surface area contributed by atoms with Crippen LogP contribution in [0.4, 0.5) is 0 Å². The van der Waals surface area contributed by atoms with Crippen LogP contribution in [0.15, 0.2) is 36.4 Å². The first-order valence-corrected chi connectivity index (χ1v) is 36.6. The fourth-order valence-electron chi connectivity index (χ4n) is 18.9. The van der Waals surface area contributed by atoms with E-state index in [1.807, 2.05) is 42.7 Å². The lowest BCUT2D eigenvalue weighted by molar-refractivity contribution is -0.165. The highest BCUT2D eigenvalue weighted by molar-refractivity contribution is 7.99. The molecule has 29 heteroatoms. The normalized spacial score (nSPS) is 29.9. The number of phenolic OH excluding ortho intramolecular Hbond substituents is 5. The number of esters is 3. The molecule has 14 aliphatic rings. The molecule has 6 aromatic carbocycles. The number of carbonyl (C=O) groups is 3. The van der Waals surface area contributed by atoms with E-state index in [0.717, 1.165) is 33.4 Å². The van der Waals surface area contributed by atoms with E-state index < -0.39 is 100 Å². The summed E-state index contributed by atoms with van der Waals surface area (Å²) in [5, 5.41) is 94.8. The van der Waals surface area contributed by atoms with Crippen LogP contribution in [0.5, 0.6) is 80.5 Å². The van der Waals surface area contributed by atoms with Crippen LogP contribution in [0.1, 0.15) is 131 Å². The number of nitrogens with zero attached hydrogens (tertiary/aromatic N) is 2. The zero-order valence-electron chi connectivity index (χ0n) is 57.9. The third-order valence-electron chi connectivity index (χ3n) is 23.3. The Hall–Kier alpha value is -8.49. The largest absolute Gasteiger partial charge is 0.507 e. The highest BCUT2D eigenvalue weighted by Crippen LogP contribution is 2.66. The number of nitrogens with one attached hydrogen (secondary N) is 4. The van der Waals surface area contributed by atoms with Crippen molar-refractivity contribution in [1.29, 1.82) is 0 Å². The van der Waals surface area contributed by atoms with Gasteiger partial charge in [-0.3, -0.25) is 25.2 Å². The maximum Gasteiger partial charge on any atom is 0.331 e. The Bertz CT molecular complexity index is 4640. The number of thioether (sulfide) groups is 2. The number of rotatable bonds is 5. The van der Waals surface area contributed by atoms with Crippen molar-refractivity contribution in [2.75, 3.05) is 79.8 Å². The summed E-state index contributed by atoms with van der Waals surface area (Å²) in [4.78, 5) is 45.9. The van der Waals surface area contributed by atoms with Crippen LogP contribution < -0.4 is 63.9 Å². The van der Waals surface area contributed by atoms with E-state index in [1.54, 1.807) is 31.2 Å². The molecule has 27 nitrogen and oxygen atoms in total. The van der Waals surface area contributed by atoms with Crippen LogP contribution in [0.25, 0.3) is 0 Å². The molecule has 544 valence electrons. The second-order valence-electron chi connectivity index (χ2n) is 28.4. The van der Waals surface area contributed by atoms with E-state index in [1.165, 1.54) is 58.9 Å². The number of piperazine rings is 2. The van der Waals surface area contributed by atoms with E-state index in [2.05, 4.69) is 21.3 Å². The summed E-state index contributed by atoms with van der Waals surface area (Å²) in [7, 11) is 5.98. The van der Waals surface area contributed by atoms with Crippen molar-refractivity contribution >= 4 is 41.4 Å². The van der Waals surface area contributed by atoms with Crippen LogP contribution in [-0.2, 0) is 60.6 Å². The summed E-state index contributed by atoms with van der Waals surface area (Å²) in [6.07, 6.45) is -0.0638. The molecule has 2 unspecified atom stereocenters. The van der Waals surface area contributed by atoms with Crippen molar-refractivity contribution in [2.45, 2.75) is 143 Å². The molecular formula is C74H80N6O21S2. The highest BCUT2D eigenvalue weighted by atomic mass is 32.2. The Balaban J connectivity index is 0.000000153. The molecule has 14 aliphatic heterocycles. The van der Waals surface area contributed by atoms with Crippen LogP contribution in [0.2, 0.25) is 0 Å². The van der Waals surface area contributed by atoms with Gasteiger partial charge in [0.25, 0.3) is 0 Å². The van der Waals surface area contributed by atoms with E-state index in [0.29, 0.717) is 135 Å². The lowest BCUT2D eigenvalue weighted by Crippen LogP contribution is -2.69. The van der Waals surface area contributed by atoms with Gasteiger partial charge in [0.1, 0.15) is 37.2 Å². The molecule has 11 N–H and O–H groups in total. The summed E-state index contributed by atoms with van der Waals surface area (Å²) < 4.78 is 65.1. The van der Waals surface area contributed by atoms with Crippen LogP contribution in [-0.4, -0.2) is 180 Å². The molecule has 0 radical (unpaired) electrons. The third-order valence-corrected chi connectivity index (χ3v) is 26.2. The van der Waals surface area contributed by atoms with Gasteiger partial charge in [-0.2, -0.15) is 0 Å². The number of fused-ring (bicyclic) bond motifs is 18. The minimum absolute atomic E-state index is 0.0115. The molecule has 0 saturated carbocycles. The Morgan fingerprint density at radius 3 is 1.41 bits per heavy atom. The van der Waals surface area contributed by atoms with Crippen molar-refractivity contribution < 1.29 is 102 Å². The van der Waals surface area contributed by atoms with E-state index in [-0.39, 0.29) is 78.6 Å². The molecule has 6 aromatic rings. The number of benzene rings is 6. The summed E-state index contributed by atoms with van der Waals surface area (Å²) in [5.41, 5.74) is 8.56. The number of aliphatic hydroxyl groups excluding tert-OH is 2. The summed E-state index contributed by atoms with van der Waals surface area (Å²) in [6.45, 7) is 9.16. The number of aromatic hydroxyl groups is 5. The third kappa shape index (κ3) is 9.74. The molecule has 8 bridgehead atoms. The molecule has 14 atom stereocenters. The number of ether oxygens (including phenoxy) is 11. The summed E-state index contributed by atoms with van der Waals surface area (Å²) >= 11 is 2.91. The quantitative estimate of drug-likeness (QED) is 0.0704. The van der Waals surface area contributed by atoms with Crippen molar-refractivity contribution in [3.05, 3.63) is 125 Å². The van der Waals surface area contributed by atoms with E-state index in [9.17, 15) is 50.1 Å². The standard InChI is InChI=1S/C38H41N3O11S.C36H39N3O10S/c1-15-8-19-9-21-36(45)41-22-12-49-37(46)38(20-11-24(47-4)23(43)10-18(20)6-7-39-38)13-53-35(29(41)28(40-21)25(19)30(44)31(15)48-5)27-26(22)34-33(50-14-51-34)16(2)32(27)52-17(3)42;1-14-7-17-8-19-34(43)39-20-11-47-35(44)36(18-10-22(45-3)21(40)9-16(18)5-6-37-36)12-50-33(27(39)26(38-19)23(17)29(42)30(14)46-4)25-24(20)32-31(48-13-49-32)15(2)28(25)41/h8,10-11,21-22,28-29,35-36,39-40,43-45H,6-7,9,12-14H2,1-5H3;7,9-10,19-20,26-27,33-34,37-38,40-43H,5-6,8,11-13H2,1-4H3/t21-,22-,28+,29?,35+,36-,38+;19-,20-,26+,27?,33+,34-,36+/m00/s1. The first-order chi connectivity index (χ1) is 49.6. The lowest BCUT2D eigenvalue weighted by Gasteiger charge is -2.59. The van der Waals surface area contributed by atoms with E-state index in [4.69, 9.17) is 52.1 Å². The maximum absolute atomic E-state index is 14.6. The SMILES string of the molecule is COc1cc2c(cc1O)CCN[C@]21CS[C@@H]2c3c(O)c(C)c4c(c3[C@H](COC1=O)N1C2[C@@H]2N[C@@H](Cc3cc(C)c(OC)c(O)c32)[C@@H]1O)OCO4.COc1cc2c(cc1O)CCN[C@]21CS[C@@H]2c3c(OC(C)=O)c(C)c4c(c3[C@H](COC1=O)N1C2[C@@H]2N[C@@H](Cc3cc(C)c(OC)c(O)c32)[C@@H]1O)OCO4. The van der Waals surface area contributed by atoms with Gasteiger partial charge in [0, 0.05) is 88.1 Å². The van der Waals surface area contributed by atoms with Gasteiger partial charge in [0.05, 0.1) is 75.2 Å². The van der Waals surface area contributed by atoms with Gasteiger partial charge < -0.3 is 98.5 Å². The van der Waals surface area contributed by atoms with Crippen LogP contribution in [0, 0.1) is 27.7 Å². The van der Waals surface area contributed by atoms with Crippen molar-refractivity contribution in [2.24, 2.45) is 0 Å². The number of aryl methyl sites for hydroxylation is 2. The molecule has 0 aliphatic carbocycles. The maximum atomic E-state index is 14.6. The van der Waals surface area contributed by atoms with Crippen molar-refractivity contribution in [1.82, 2.24) is 31.1 Å².